The van der Waals surface area contributed by atoms with E-state index in [1.54, 1.807) is 90.4 Å². The monoisotopic (exact) mass is 1910 g/mol. The van der Waals surface area contributed by atoms with Crippen molar-refractivity contribution in [3.63, 3.8) is 0 Å². The van der Waals surface area contributed by atoms with Crippen LogP contribution < -0.4 is 67.5 Å². The lowest BCUT2D eigenvalue weighted by atomic mass is 9.71. The molecule has 2 spiro atoms. The Labute approximate surface area is 779 Å². The molecule has 4 N–H and O–H groups in total. The van der Waals surface area contributed by atoms with E-state index in [1.807, 2.05) is 20.0 Å². The van der Waals surface area contributed by atoms with E-state index in [0.29, 0.717) is 86.7 Å². The molecule has 4 saturated heterocycles. The lowest BCUT2D eigenvalue weighted by molar-refractivity contribution is -0.190. The first-order valence-corrected chi connectivity index (χ1v) is 44.0. The minimum absolute atomic E-state index is 0. The number of halogens is 6. The third-order valence-corrected chi connectivity index (χ3v) is 29.3. The van der Waals surface area contributed by atoms with Crippen LogP contribution in [0.4, 0.5) is 35.9 Å². The Hall–Kier alpha value is -11.2. The summed E-state index contributed by atoms with van der Waals surface area (Å²) in [6, 6.07) is 6.82. The molecule has 14 atom stereocenters. The second kappa shape index (κ2) is 36.4. The number of nitriles is 2. The molecule has 14 aliphatic heterocycles. The molecule has 14 aliphatic rings. The van der Waals surface area contributed by atoms with Crippen molar-refractivity contribution in [1.29, 1.82) is 10.5 Å². The van der Waals surface area contributed by atoms with Gasteiger partial charge in [0.05, 0.1) is 75.2 Å². The molecule has 134 heavy (non-hydrogen) atoms. The number of phenolic OH excluding ortho intramolecular Hbond substituents is 2. The van der Waals surface area contributed by atoms with Gasteiger partial charge in [0.2, 0.25) is 13.6 Å². The van der Waals surface area contributed by atoms with E-state index in [4.69, 9.17) is 75.8 Å². The number of carbonyl (C=O) groups excluding carboxylic acids is 6. The Balaban J connectivity index is 0.000000224. The number of thioether (sulfide) groups is 2. The zero-order valence-corrected chi connectivity index (χ0v) is 75.2. The van der Waals surface area contributed by atoms with Gasteiger partial charge in [-0.3, -0.25) is 30.2 Å². The van der Waals surface area contributed by atoms with Crippen LogP contribution in [-0.4, -0.2) is 220 Å². The van der Waals surface area contributed by atoms with Crippen LogP contribution in [-0.2, 0) is 74.9 Å². The molecule has 40 heteroatoms. The van der Waals surface area contributed by atoms with E-state index in [0.717, 1.165) is 28.5 Å². The number of methoxy groups -OCH3 is 4. The van der Waals surface area contributed by atoms with Crippen LogP contribution in [0.15, 0.2) is 36.4 Å². The number of phenols is 2. The van der Waals surface area contributed by atoms with Gasteiger partial charge in [-0.25, -0.2) is 28.8 Å². The Kier molecular flexibility index (Phi) is 27.2. The van der Waals surface area contributed by atoms with E-state index in [-0.39, 0.29) is 154 Å². The van der Waals surface area contributed by atoms with Crippen LogP contribution in [0.1, 0.15) is 195 Å². The fraction of sp³-hybridized carbons (Fsp3) is 0.532. The number of carbonyl (C=O) groups is 6. The summed E-state index contributed by atoms with van der Waals surface area (Å²) < 4.78 is 178. The Bertz CT molecular complexity index is 5860. The van der Waals surface area contributed by atoms with Crippen molar-refractivity contribution < 1.29 is 141 Å². The normalized spacial score (nSPS) is 25.9. The van der Waals surface area contributed by atoms with E-state index in [2.05, 4.69) is 32.6 Å². The molecule has 0 saturated carbocycles. The average Bonchev–Trinajstić information content (AvgIpc) is 0.973. The zero-order chi connectivity index (χ0) is 93.3. The number of fused-ring (bicyclic) bond motifs is 18. The average molecular weight is 1910 g/mol. The molecule has 20 rings (SSSR count). The highest BCUT2D eigenvalue weighted by atomic mass is 32.2. The van der Waals surface area contributed by atoms with Gasteiger partial charge in [0.1, 0.15) is 48.0 Å². The molecule has 32 nitrogen and oxygen atoms in total. The standard InChI is InChI=1S/C47H46F6N4O13S.C43H48N4O11S.4CH4/c1-19-11-22-12-24-25(15-54)57-26-16-64-40(58)45(23-14-27(62-7)28(13-21(23)9-10-55-45)67-43(61)70-44(3,4)5)17-71-39(31-30(26)37-36(65-18-66-37)20(2)35(31)68-41(59)46(48,49)50)33(57)32(56(24)6)29(22)38(34(19)63-8)69-42(60)47(51,52)53;1-19-11-22-12-24-25(15-44)47-26-16-54-40(50)43(23-14-27(52-7)28(13-21(23)9-10-45-43)57-41(51)58-42(3,4)5)17-59-39(31-30(26)38-37(55-18-56-38)20(2)34(31)48)33(47)32(46(24)6)29(22)35(49)36(19)53-8;;;;/h11,13-14,24-26,32-33,39,55H,9-10,12,16-18H2,1-8H3;11,13-14,24-26,32-33,39,45,48-49H,9-10,12,16-18H2,1-8H3;4*1H4/t24-,25-,26-,32+,33?,39+,45+;24-,25-,26-,32+,33?,39+,43+;;;;/m00..../s1. The largest absolute Gasteiger partial charge is 0.514 e. The molecule has 0 amide bonds. The highest BCUT2D eigenvalue weighted by Crippen LogP contribution is 2.68. The summed E-state index contributed by atoms with van der Waals surface area (Å²) in [5.74, 6) is -6.40. The summed E-state index contributed by atoms with van der Waals surface area (Å²) in [4.78, 5) is 89.3. The minimum Gasteiger partial charge on any atom is -0.507 e. The van der Waals surface area contributed by atoms with Crippen molar-refractivity contribution >= 4 is 59.7 Å². The number of hydrogen-bond donors (Lipinski definition) is 4. The maximum Gasteiger partial charge on any atom is 0.514 e. The topological polar surface area (TPSA) is 375 Å². The van der Waals surface area contributed by atoms with Gasteiger partial charge >= 0.3 is 48.5 Å². The summed E-state index contributed by atoms with van der Waals surface area (Å²) in [6.07, 6.45) is -11.6. The number of alkyl halides is 6. The smallest absolute Gasteiger partial charge is 0.507 e. The SMILES string of the molecule is C.C.C.C.COc1cc2c(cc1OC(=O)OC(C)(C)C)CCN[C@]21CS[C@@H]2c3c(O)c(C)c4c(c3[C@H](COC1=O)N1C2[C@H]2c3c(cc(C)c(OC)c3O)C[C@@H]([C@@H]1C#N)N2C)OCO4.COc1cc2c(cc1OC(=O)OC(C)(C)C)CCN[C@]21CS[C@@H]2c3c(OC(=O)C(F)(F)F)c(C)c4c(c3[C@H](COC1=O)N1C2[C@H]2c3c(cc(C)c(OC)c3OC(=O)C(F)(F)F)C[C@@H]([C@@H]1C#N)N2C)OCO4. The Morgan fingerprint density at radius 1 is 0.485 bits per heavy atom. The molecule has 8 bridgehead atoms. The van der Waals surface area contributed by atoms with Crippen LogP contribution in [0, 0.1) is 50.4 Å². The third-order valence-electron chi connectivity index (χ3n) is 26.4. The molecule has 4 fully saturated rings. The second-order valence-corrected chi connectivity index (χ2v) is 38.1. The van der Waals surface area contributed by atoms with Gasteiger partial charge in [0, 0.05) is 93.3 Å². The first kappa shape index (κ1) is 100. The van der Waals surface area contributed by atoms with Crippen molar-refractivity contribution in [2.45, 2.75) is 230 Å². The lowest BCUT2D eigenvalue weighted by Crippen LogP contribution is -2.69. The molecular formula is C94H110F6N8O24S2. The van der Waals surface area contributed by atoms with E-state index < -0.39 is 161 Å². The van der Waals surface area contributed by atoms with E-state index in [9.17, 15) is 71.1 Å². The summed E-state index contributed by atoms with van der Waals surface area (Å²) in [6.45, 7) is 16.0. The number of likely N-dealkylation sites (N-methyl/N-ethyl adjacent to an activating group) is 2. The van der Waals surface area contributed by atoms with Gasteiger partial charge in [-0.1, -0.05) is 41.8 Å². The van der Waals surface area contributed by atoms with Gasteiger partial charge in [-0.2, -0.15) is 36.9 Å². The summed E-state index contributed by atoms with van der Waals surface area (Å²) in [7, 11) is 9.10. The second-order valence-electron chi connectivity index (χ2n) is 35.9. The maximum atomic E-state index is 15.1. The van der Waals surface area contributed by atoms with Crippen LogP contribution in [0.2, 0.25) is 0 Å². The number of esters is 4. The minimum atomic E-state index is -5.51. The van der Waals surface area contributed by atoms with Crippen molar-refractivity contribution in [3.8, 4) is 92.6 Å². The predicted molar refractivity (Wildman–Crippen MR) is 474 cm³/mol. The molecule has 0 aliphatic carbocycles. The van der Waals surface area contributed by atoms with E-state index >= 15 is 4.79 Å². The number of nitrogens with zero attached hydrogens (tertiary/aromatic N) is 6. The van der Waals surface area contributed by atoms with Crippen LogP contribution in [0.5, 0.6) is 80.5 Å². The van der Waals surface area contributed by atoms with Crippen molar-refractivity contribution in [2.24, 2.45) is 0 Å². The number of hydrogen-bond acceptors (Lipinski definition) is 34. The van der Waals surface area contributed by atoms with E-state index in [1.165, 1.54) is 59.3 Å². The zero-order valence-electron chi connectivity index (χ0n) is 73.5. The fourth-order valence-electron chi connectivity index (χ4n) is 21.2. The van der Waals surface area contributed by atoms with Gasteiger partial charge in [-0.15, -0.1) is 23.5 Å². The summed E-state index contributed by atoms with van der Waals surface area (Å²) in [5, 5.41) is 51.7. The van der Waals surface area contributed by atoms with Gasteiger partial charge in [-0.05, 0) is 178 Å². The number of piperazine rings is 2. The van der Waals surface area contributed by atoms with Crippen molar-refractivity contribution in [2.75, 3.05) is 93.9 Å². The van der Waals surface area contributed by atoms with Gasteiger partial charge in [0.15, 0.2) is 80.1 Å². The molecular weight excluding hydrogens is 1800 g/mol. The molecule has 6 aromatic carbocycles. The Morgan fingerprint density at radius 3 is 1.31 bits per heavy atom. The molecule has 0 radical (unpaired) electrons. The molecule has 724 valence electrons. The number of aromatic hydroxyl groups is 2. The summed E-state index contributed by atoms with van der Waals surface area (Å²) >= 11 is 2.45. The lowest BCUT2D eigenvalue weighted by Gasteiger charge is -2.62. The first-order valence-electron chi connectivity index (χ1n) is 41.9. The number of benzene rings is 6. The number of aryl methyl sites for hydroxylation is 2. The number of ether oxygens (including phenoxy) is 16. The third kappa shape index (κ3) is 16.2. The van der Waals surface area contributed by atoms with Crippen LogP contribution in [0.25, 0.3) is 0 Å². The fourth-order valence-corrected chi connectivity index (χ4v) is 24.6. The van der Waals surface area contributed by atoms with Crippen LogP contribution in [0.3, 0.4) is 0 Å². The van der Waals surface area contributed by atoms with Crippen molar-refractivity contribution in [3.05, 3.63) is 125 Å². The molecule has 2 unspecified atom stereocenters. The molecule has 14 heterocycles. The quantitative estimate of drug-likeness (QED) is 0.0361. The van der Waals surface area contributed by atoms with Gasteiger partial charge < -0.3 is 86.0 Å². The number of nitrogens with one attached hydrogen (secondary N) is 2. The maximum absolute atomic E-state index is 15.1. The predicted octanol–water partition coefficient (Wildman–Crippen LogP) is 14.8. The highest BCUT2D eigenvalue weighted by Gasteiger charge is 2.66. The molecule has 6 aromatic rings. The summed E-state index contributed by atoms with van der Waals surface area (Å²) in [5.41, 5.74) is 2.17. The highest BCUT2D eigenvalue weighted by molar-refractivity contribution is 7.99. The number of rotatable bonds is 8. The van der Waals surface area contributed by atoms with Crippen LogP contribution >= 0.6 is 23.5 Å². The first-order chi connectivity index (χ1) is 61.5. The Morgan fingerprint density at radius 2 is 0.888 bits per heavy atom. The van der Waals surface area contributed by atoms with Crippen molar-refractivity contribution in [1.82, 2.24) is 30.2 Å². The molecule has 0 aromatic heterocycles. The van der Waals surface area contributed by atoms with Gasteiger partial charge in [0.25, 0.3) is 0 Å².